The molecule has 0 aliphatic carbocycles. The summed E-state index contributed by atoms with van der Waals surface area (Å²) in [5.74, 6) is 2.63. The molecule has 0 aliphatic heterocycles. The fourth-order valence-corrected chi connectivity index (χ4v) is 4.11. The Morgan fingerprint density at radius 2 is 1.84 bits per heavy atom. The molecule has 0 spiro atoms. The lowest BCUT2D eigenvalue weighted by Crippen LogP contribution is -2.20. The van der Waals surface area contributed by atoms with Crippen LogP contribution >= 0.6 is 0 Å². The molecule has 0 fully saturated rings. The predicted octanol–water partition coefficient (Wildman–Crippen LogP) is 6.28. The minimum atomic E-state index is -0.309. The number of methoxy groups -OCH3 is 1. The van der Waals surface area contributed by atoms with Crippen LogP contribution < -0.4 is 19.8 Å². The Hall–Kier alpha value is -4.59. The minimum Gasteiger partial charge on any atom is -0.496 e. The second kappa shape index (κ2) is 10.8. The van der Waals surface area contributed by atoms with Crippen molar-refractivity contribution < 1.29 is 18.6 Å². The fraction of sp³-hybridized carbons (Fsp3) is 0.233. The molecule has 8 heteroatoms. The van der Waals surface area contributed by atoms with Crippen LogP contribution in [-0.4, -0.2) is 35.7 Å². The van der Waals surface area contributed by atoms with Crippen LogP contribution in [0.15, 0.2) is 81.0 Å². The number of para-hydroxylation sites is 1. The molecular weight excluding hydrogens is 482 g/mol. The van der Waals surface area contributed by atoms with Gasteiger partial charge in [0.15, 0.2) is 17.3 Å². The van der Waals surface area contributed by atoms with Crippen LogP contribution in [0.25, 0.3) is 33.5 Å². The van der Waals surface area contributed by atoms with Crippen molar-refractivity contribution in [3.05, 3.63) is 82.6 Å². The summed E-state index contributed by atoms with van der Waals surface area (Å²) in [6, 6.07) is 20.1. The molecule has 5 aromatic rings. The van der Waals surface area contributed by atoms with Gasteiger partial charge in [-0.05, 0) is 74.4 Å². The number of nitrogens with zero attached hydrogens (tertiary/aromatic N) is 3. The Bertz CT molecular complexity index is 1690. The van der Waals surface area contributed by atoms with Gasteiger partial charge in [-0.25, -0.2) is 4.98 Å². The number of hydrogen-bond acceptors (Lipinski definition) is 7. The van der Waals surface area contributed by atoms with Crippen LogP contribution in [0.2, 0.25) is 0 Å². The molecule has 194 valence electrons. The van der Waals surface area contributed by atoms with E-state index in [0.717, 1.165) is 17.4 Å². The highest BCUT2D eigenvalue weighted by Gasteiger charge is 2.18. The summed E-state index contributed by atoms with van der Waals surface area (Å²) in [5, 5.41) is 5.78. The molecule has 0 saturated heterocycles. The number of benzene rings is 3. The molecule has 0 saturated carbocycles. The van der Waals surface area contributed by atoms with Gasteiger partial charge in [0.05, 0.1) is 42.3 Å². The SMILES string of the molecule is CCOc1cc(C=Nn2c(-c3cc4c(OC)cccc4o3)nc3ccccc3c2=O)ccc1O[C@H](C)CC. The maximum Gasteiger partial charge on any atom is 0.282 e. The van der Waals surface area contributed by atoms with E-state index in [1.54, 1.807) is 31.5 Å². The van der Waals surface area contributed by atoms with Gasteiger partial charge in [0.1, 0.15) is 11.3 Å². The standard InChI is InChI=1S/C30H29N3O5/c1-5-19(3)37-26-15-14-20(16-27(26)36-6-2)18-31-33-29(32-23-11-8-7-10-21(23)30(33)34)28-17-22-24(35-4)12-9-13-25(22)38-28/h7-19H,5-6H2,1-4H3/t19-/m1/s1. The second-order valence-electron chi connectivity index (χ2n) is 8.77. The molecule has 8 nitrogen and oxygen atoms in total. The summed E-state index contributed by atoms with van der Waals surface area (Å²) in [4.78, 5) is 18.3. The van der Waals surface area contributed by atoms with Crippen molar-refractivity contribution >= 4 is 28.1 Å². The maximum absolute atomic E-state index is 13.6. The van der Waals surface area contributed by atoms with Crippen molar-refractivity contribution in [1.29, 1.82) is 0 Å². The third-order valence-electron chi connectivity index (χ3n) is 6.21. The molecule has 1 atom stereocenters. The Balaban J connectivity index is 1.62. The van der Waals surface area contributed by atoms with Crippen LogP contribution in [0.3, 0.4) is 0 Å². The van der Waals surface area contributed by atoms with Gasteiger partial charge in [-0.1, -0.05) is 25.1 Å². The summed E-state index contributed by atoms with van der Waals surface area (Å²) in [6.07, 6.45) is 2.53. The van der Waals surface area contributed by atoms with E-state index in [1.165, 1.54) is 4.68 Å². The van der Waals surface area contributed by atoms with Crippen LogP contribution in [-0.2, 0) is 0 Å². The summed E-state index contributed by atoms with van der Waals surface area (Å²) in [5.41, 5.74) is 1.60. The zero-order chi connectivity index (χ0) is 26.6. The lowest BCUT2D eigenvalue weighted by atomic mass is 10.2. The molecule has 0 radical (unpaired) electrons. The van der Waals surface area contributed by atoms with Crippen molar-refractivity contribution in [2.75, 3.05) is 13.7 Å². The average Bonchev–Trinajstić information content (AvgIpc) is 3.38. The summed E-state index contributed by atoms with van der Waals surface area (Å²) >= 11 is 0. The zero-order valence-electron chi connectivity index (χ0n) is 21.8. The van der Waals surface area contributed by atoms with Crippen LogP contribution in [0.5, 0.6) is 17.2 Å². The van der Waals surface area contributed by atoms with E-state index in [0.29, 0.717) is 46.1 Å². The first kappa shape index (κ1) is 25.1. The van der Waals surface area contributed by atoms with Gasteiger partial charge in [-0.15, -0.1) is 0 Å². The first-order valence-corrected chi connectivity index (χ1v) is 12.6. The second-order valence-corrected chi connectivity index (χ2v) is 8.77. The molecule has 0 bridgehead atoms. The molecule has 5 rings (SSSR count). The van der Waals surface area contributed by atoms with Gasteiger partial charge < -0.3 is 18.6 Å². The van der Waals surface area contributed by atoms with E-state index in [-0.39, 0.29) is 17.5 Å². The lowest BCUT2D eigenvalue weighted by Gasteiger charge is -2.16. The van der Waals surface area contributed by atoms with E-state index in [2.05, 4.69) is 12.0 Å². The molecule has 0 N–H and O–H groups in total. The molecular formula is C30H29N3O5. The normalized spacial score (nSPS) is 12.3. The highest BCUT2D eigenvalue weighted by atomic mass is 16.5. The lowest BCUT2D eigenvalue weighted by molar-refractivity contribution is 0.203. The van der Waals surface area contributed by atoms with Gasteiger partial charge in [0.2, 0.25) is 5.82 Å². The van der Waals surface area contributed by atoms with E-state index in [4.69, 9.17) is 23.6 Å². The molecule has 3 aromatic carbocycles. The molecule has 0 unspecified atom stereocenters. The Kier molecular flexibility index (Phi) is 7.13. The topological polar surface area (TPSA) is 88.1 Å². The van der Waals surface area contributed by atoms with E-state index in [9.17, 15) is 4.79 Å². The van der Waals surface area contributed by atoms with Crippen molar-refractivity contribution in [2.45, 2.75) is 33.3 Å². The van der Waals surface area contributed by atoms with E-state index >= 15 is 0 Å². The highest BCUT2D eigenvalue weighted by Crippen LogP contribution is 2.33. The number of fused-ring (bicyclic) bond motifs is 2. The number of ether oxygens (including phenoxy) is 3. The Labute approximate surface area is 220 Å². The number of hydrogen-bond donors (Lipinski definition) is 0. The number of rotatable bonds is 9. The van der Waals surface area contributed by atoms with E-state index in [1.807, 2.05) is 62.4 Å². The minimum absolute atomic E-state index is 0.0565. The van der Waals surface area contributed by atoms with Crippen LogP contribution in [0.4, 0.5) is 0 Å². The quantitative estimate of drug-likeness (QED) is 0.217. The summed E-state index contributed by atoms with van der Waals surface area (Å²) in [6.45, 7) is 6.49. The highest BCUT2D eigenvalue weighted by molar-refractivity contribution is 5.88. The van der Waals surface area contributed by atoms with Crippen molar-refractivity contribution in [2.24, 2.45) is 5.10 Å². The average molecular weight is 512 g/mol. The first-order valence-electron chi connectivity index (χ1n) is 12.6. The predicted molar refractivity (Wildman–Crippen MR) is 149 cm³/mol. The summed E-state index contributed by atoms with van der Waals surface area (Å²) < 4.78 is 24.6. The van der Waals surface area contributed by atoms with Crippen LogP contribution in [0, 0.1) is 0 Å². The van der Waals surface area contributed by atoms with Crippen molar-refractivity contribution in [3.63, 3.8) is 0 Å². The monoisotopic (exact) mass is 511 g/mol. The number of aromatic nitrogens is 2. The molecule has 38 heavy (non-hydrogen) atoms. The zero-order valence-corrected chi connectivity index (χ0v) is 21.8. The Morgan fingerprint density at radius 3 is 2.63 bits per heavy atom. The third kappa shape index (κ3) is 4.85. The summed E-state index contributed by atoms with van der Waals surface area (Å²) in [7, 11) is 1.60. The van der Waals surface area contributed by atoms with Gasteiger partial charge >= 0.3 is 0 Å². The van der Waals surface area contributed by atoms with Gasteiger partial charge in [-0.2, -0.15) is 9.78 Å². The molecule has 2 aromatic heterocycles. The van der Waals surface area contributed by atoms with Crippen LogP contribution in [0.1, 0.15) is 32.8 Å². The third-order valence-corrected chi connectivity index (χ3v) is 6.21. The molecule has 0 aliphatic rings. The molecule has 2 heterocycles. The van der Waals surface area contributed by atoms with Crippen molar-refractivity contribution in [1.82, 2.24) is 9.66 Å². The van der Waals surface area contributed by atoms with Crippen molar-refractivity contribution in [3.8, 4) is 28.8 Å². The maximum atomic E-state index is 13.6. The Morgan fingerprint density at radius 1 is 1.00 bits per heavy atom. The fourth-order valence-electron chi connectivity index (χ4n) is 4.11. The first-order chi connectivity index (χ1) is 18.5. The molecule has 0 amide bonds. The van der Waals surface area contributed by atoms with E-state index < -0.39 is 0 Å². The van der Waals surface area contributed by atoms with Gasteiger partial charge in [0.25, 0.3) is 5.56 Å². The van der Waals surface area contributed by atoms with Gasteiger partial charge in [-0.3, -0.25) is 4.79 Å². The van der Waals surface area contributed by atoms with Gasteiger partial charge in [0, 0.05) is 0 Å². The smallest absolute Gasteiger partial charge is 0.282 e. The number of furan rings is 1. The largest absolute Gasteiger partial charge is 0.496 e.